The van der Waals surface area contributed by atoms with Crippen LogP contribution in [0.2, 0.25) is 0 Å². The second kappa shape index (κ2) is 10.9. The number of esters is 1. The second-order valence-corrected chi connectivity index (χ2v) is 9.29. The number of hydrogen-bond donors (Lipinski definition) is 2. The maximum atomic E-state index is 12.8. The van der Waals surface area contributed by atoms with E-state index in [0.29, 0.717) is 16.8 Å². The molecule has 0 radical (unpaired) electrons. The van der Waals surface area contributed by atoms with Crippen LogP contribution in [-0.2, 0) is 14.3 Å². The van der Waals surface area contributed by atoms with Crippen LogP contribution in [0.3, 0.4) is 0 Å². The van der Waals surface area contributed by atoms with Crippen molar-refractivity contribution in [1.82, 2.24) is 5.32 Å². The maximum Gasteiger partial charge on any atom is 0.329 e. The SMILES string of the molecule is CC(OC(=O)[C@@H](NC(=O)c1ccccc1)C(C)C)C(=O)c1ccc(NC(=O)C(C)(C)C)cc1. The average Bonchev–Trinajstić information content (AvgIpc) is 2.76. The number of amides is 2. The van der Waals surface area contributed by atoms with Crippen molar-refractivity contribution in [2.45, 2.75) is 53.7 Å². The first-order valence-electron chi connectivity index (χ1n) is 10.9. The summed E-state index contributed by atoms with van der Waals surface area (Å²) in [5.41, 5.74) is 0.803. The monoisotopic (exact) mass is 452 g/mol. The fraction of sp³-hybridized carbons (Fsp3) is 0.385. The first-order chi connectivity index (χ1) is 15.4. The van der Waals surface area contributed by atoms with E-state index < -0.39 is 29.4 Å². The maximum absolute atomic E-state index is 12.8. The van der Waals surface area contributed by atoms with Gasteiger partial charge in [0.1, 0.15) is 6.04 Å². The molecule has 0 aliphatic heterocycles. The van der Waals surface area contributed by atoms with Crippen LogP contribution in [0, 0.1) is 11.3 Å². The van der Waals surface area contributed by atoms with E-state index >= 15 is 0 Å². The summed E-state index contributed by atoms with van der Waals surface area (Å²) in [4.78, 5) is 50.0. The number of carbonyl (C=O) groups excluding carboxylic acids is 4. The van der Waals surface area contributed by atoms with E-state index in [4.69, 9.17) is 4.74 Å². The van der Waals surface area contributed by atoms with Crippen molar-refractivity contribution in [2.24, 2.45) is 11.3 Å². The Balaban J connectivity index is 2.02. The molecule has 2 N–H and O–H groups in total. The first-order valence-corrected chi connectivity index (χ1v) is 10.9. The van der Waals surface area contributed by atoms with E-state index in [0.717, 1.165) is 0 Å². The van der Waals surface area contributed by atoms with E-state index in [1.165, 1.54) is 6.92 Å². The Bertz CT molecular complexity index is 992. The molecule has 7 nitrogen and oxygen atoms in total. The Hall–Kier alpha value is -3.48. The molecule has 7 heteroatoms. The number of ketones is 1. The highest BCUT2D eigenvalue weighted by Gasteiger charge is 2.29. The highest BCUT2D eigenvalue weighted by molar-refractivity contribution is 6.02. The smallest absolute Gasteiger partial charge is 0.329 e. The Labute approximate surface area is 194 Å². The third-order valence-corrected chi connectivity index (χ3v) is 5.01. The van der Waals surface area contributed by atoms with E-state index in [9.17, 15) is 19.2 Å². The molecule has 2 amide bonds. The number of nitrogens with one attached hydrogen (secondary N) is 2. The molecule has 1 unspecified atom stereocenters. The van der Waals surface area contributed by atoms with E-state index in [1.807, 2.05) is 20.8 Å². The highest BCUT2D eigenvalue weighted by atomic mass is 16.5. The number of benzene rings is 2. The van der Waals surface area contributed by atoms with Gasteiger partial charge in [-0.2, -0.15) is 0 Å². The van der Waals surface area contributed by atoms with Crippen LogP contribution >= 0.6 is 0 Å². The molecule has 0 heterocycles. The highest BCUT2D eigenvalue weighted by Crippen LogP contribution is 2.19. The Kier molecular flexibility index (Phi) is 8.51. The van der Waals surface area contributed by atoms with Gasteiger partial charge in [-0.05, 0) is 49.2 Å². The zero-order valence-electron chi connectivity index (χ0n) is 20.0. The van der Waals surface area contributed by atoms with Gasteiger partial charge in [0, 0.05) is 22.2 Å². The van der Waals surface area contributed by atoms with Crippen LogP contribution < -0.4 is 10.6 Å². The predicted octanol–water partition coefficient (Wildman–Crippen LogP) is 4.24. The van der Waals surface area contributed by atoms with Crippen molar-refractivity contribution in [1.29, 1.82) is 0 Å². The Morgan fingerprint density at radius 3 is 1.91 bits per heavy atom. The third-order valence-electron chi connectivity index (χ3n) is 5.01. The van der Waals surface area contributed by atoms with Gasteiger partial charge in [-0.15, -0.1) is 0 Å². The normalized spacial score (nSPS) is 13.1. The summed E-state index contributed by atoms with van der Waals surface area (Å²) in [5.74, 6) is -1.82. The van der Waals surface area contributed by atoms with E-state index in [2.05, 4.69) is 10.6 Å². The number of rotatable bonds is 8. The lowest BCUT2D eigenvalue weighted by atomic mass is 9.95. The van der Waals surface area contributed by atoms with Crippen LogP contribution in [0.4, 0.5) is 5.69 Å². The van der Waals surface area contributed by atoms with E-state index in [1.54, 1.807) is 68.4 Å². The summed E-state index contributed by atoms with van der Waals surface area (Å²) in [5, 5.41) is 5.48. The second-order valence-electron chi connectivity index (χ2n) is 9.29. The zero-order chi connectivity index (χ0) is 24.8. The Morgan fingerprint density at radius 2 is 1.39 bits per heavy atom. The average molecular weight is 453 g/mol. The molecule has 2 atom stereocenters. The van der Waals surface area contributed by atoms with Gasteiger partial charge in [0.05, 0.1) is 0 Å². The largest absolute Gasteiger partial charge is 0.453 e. The summed E-state index contributed by atoms with van der Waals surface area (Å²) in [7, 11) is 0. The number of carbonyl (C=O) groups is 4. The van der Waals surface area contributed by atoms with Gasteiger partial charge >= 0.3 is 5.97 Å². The summed E-state index contributed by atoms with van der Waals surface area (Å²) in [6.07, 6.45) is -1.04. The standard InChI is InChI=1S/C26H32N2O5/c1-16(2)21(28-23(30)19-10-8-7-9-11-19)24(31)33-17(3)22(29)18-12-14-20(15-13-18)27-25(32)26(4,5)6/h7-17,21H,1-6H3,(H,27,32)(H,28,30)/t17?,21-/m0/s1. The van der Waals surface area contributed by atoms with Crippen molar-refractivity contribution in [3.8, 4) is 0 Å². The van der Waals surface area contributed by atoms with Crippen molar-refractivity contribution >= 4 is 29.3 Å². The minimum atomic E-state index is -1.04. The van der Waals surface area contributed by atoms with Gasteiger partial charge in [-0.1, -0.05) is 52.8 Å². The van der Waals surface area contributed by atoms with Crippen molar-refractivity contribution < 1.29 is 23.9 Å². The van der Waals surface area contributed by atoms with Crippen molar-refractivity contribution in [3.05, 3.63) is 65.7 Å². The summed E-state index contributed by atoms with van der Waals surface area (Å²) in [6.45, 7) is 10.5. The molecule has 0 aliphatic rings. The van der Waals surface area contributed by atoms with Gasteiger partial charge in [-0.25, -0.2) is 4.79 Å². The number of Topliss-reactive ketones (excluding diaryl/α,β-unsaturated/α-hetero) is 1. The molecule has 2 rings (SSSR count). The minimum Gasteiger partial charge on any atom is -0.453 e. The molecule has 0 spiro atoms. The molecule has 0 bridgehead atoms. The molecule has 0 saturated heterocycles. The molecular weight excluding hydrogens is 420 g/mol. The van der Waals surface area contributed by atoms with Crippen LogP contribution in [0.1, 0.15) is 62.3 Å². The molecule has 176 valence electrons. The van der Waals surface area contributed by atoms with E-state index in [-0.39, 0.29) is 17.6 Å². The van der Waals surface area contributed by atoms with Gasteiger partial charge < -0.3 is 15.4 Å². The summed E-state index contributed by atoms with van der Waals surface area (Å²) >= 11 is 0. The molecule has 2 aromatic rings. The predicted molar refractivity (Wildman–Crippen MR) is 127 cm³/mol. The summed E-state index contributed by atoms with van der Waals surface area (Å²) in [6, 6.07) is 14.1. The molecule has 33 heavy (non-hydrogen) atoms. The zero-order valence-corrected chi connectivity index (χ0v) is 20.0. The van der Waals surface area contributed by atoms with Gasteiger partial charge in [0.2, 0.25) is 11.7 Å². The van der Waals surface area contributed by atoms with Crippen LogP contribution in [0.25, 0.3) is 0 Å². The lowest BCUT2D eigenvalue weighted by molar-refractivity contribution is -0.149. The number of hydrogen-bond acceptors (Lipinski definition) is 5. The fourth-order valence-electron chi connectivity index (χ4n) is 2.88. The molecule has 0 saturated carbocycles. The van der Waals surface area contributed by atoms with Crippen LogP contribution in [-0.4, -0.2) is 35.7 Å². The number of anilines is 1. The van der Waals surface area contributed by atoms with Gasteiger partial charge in [0.25, 0.3) is 5.91 Å². The summed E-state index contributed by atoms with van der Waals surface area (Å²) < 4.78 is 5.39. The van der Waals surface area contributed by atoms with Crippen LogP contribution in [0.5, 0.6) is 0 Å². The molecule has 0 aliphatic carbocycles. The fourth-order valence-corrected chi connectivity index (χ4v) is 2.88. The molecule has 0 fully saturated rings. The number of ether oxygens (including phenoxy) is 1. The molecular formula is C26H32N2O5. The lowest BCUT2D eigenvalue weighted by Gasteiger charge is -2.23. The first kappa shape index (κ1) is 25.8. The van der Waals surface area contributed by atoms with Crippen molar-refractivity contribution in [3.63, 3.8) is 0 Å². The van der Waals surface area contributed by atoms with Crippen molar-refractivity contribution in [2.75, 3.05) is 5.32 Å². The Morgan fingerprint density at radius 1 is 0.818 bits per heavy atom. The third kappa shape index (κ3) is 7.27. The molecule has 2 aromatic carbocycles. The lowest BCUT2D eigenvalue weighted by Crippen LogP contribution is -2.46. The van der Waals surface area contributed by atoms with Gasteiger partial charge in [-0.3, -0.25) is 14.4 Å². The van der Waals surface area contributed by atoms with Gasteiger partial charge in [0.15, 0.2) is 6.10 Å². The topological polar surface area (TPSA) is 102 Å². The van der Waals surface area contributed by atoms with Crippen LogP contribution in [0.15, 0.2) is 54.6 Å². The molecule has 0 aromatic heterocycles. The minimum absolute atomic E-state index is 0.138. The quantitative estimate of drug-likeness (QED) is 0.461.